The molecule has 3 rings (SSSR count). The number of likely N-dealkylation sites (tertiary alicyclic amines) is 2. The summed E-state index contributed by atoms with van der Waals surface area (Å²) >= 11 is 11.6. The minimum absolute atomic E-state index is 0.263. The second-order valence-corrected chi connectivity index (χ2v) is 14.7. The van der Waals surface area contributed by atoms with Gasteiger partial charge in [0, 0.05) is 26.2 Å². The molecule has 1 aliphatic carbocycles. The van der Waals surface area contributed by atoms with Crippen molar-refractivity contribution in [3.63, 3.8) is 0 Å². The van der Waals surface area contributed by atoms with Crippen LogP contribution in [0.15, 0.2) is 0 Å². The molecule has 3 fully saturated rings. The van der Waals surface area contributed by atoms with Crippen molar-refractivity contribution in [1.82, 2.24) is 9.80 Å². The third kappa shape index (κ3) is 7.70. The van der Waals surface area contributed by atoms with Gasteiger partial charge in [-0.2, -0.15) is 0 Å². The van der Waals surface area contributed by atoms with Crippen LogP contribution in [0, 0.1) is 0 Å². The van der Waals surface area contributed by atoms with Crippen LogP contribution in [0.5, 0.6) is 0 Å². The topological polar surface area (TPSA) is 6.48 Å². The molecule has 0 aromatic heterocycles. The average molecular weight is 495 g/mol. The summed E-state index contributed by atoms with van der Waals surface area (Å²) in [5.74, 6) is 0. The van der Waals surface area contributed by atoms with Gasteiger partial charge in [-0.3, -0.25) is 0 Å². The zero-order valence-corrected chi connectivity index (χ0v) is 21.8. The Kier molecular flexibility index (Phi) is 11.0. The van der Waals surface area contributed by atoms with Crippen LogP contribution in [-0.2, 0) is 0 Å². The second kappa shape index (κ2) is 12.9. The standard InChI is InChI=1S/C20H34N2S6/c23-18(21-14-8-1-2-9-15-21)25-27-20(12-6-5-7-13-20)28-26-19(24)22-16-10-3-4-11-17-22/h1-17H2. The zero-order valence-electron chi connectivity index (χ0n) is 16.9. The molecule has 0 bridgehead atoms. The van der Waals surface area contributed by atoms with E-state index >= 15 is 0 Å². The Bertz CT molecular complexity index is 455. The fourth-order valence-corrected chi connectivity index (χ4v) is 11.7. The molecule has 2 nitrogen and oxygen atoms in total. The molecule has 1 saturated carbocycles. The van der Waals surface area contributed by atoms with Gasteiger partial charge in [-0.15, -0.1) is 0 Å². The Morgan fingerprint density at radius 3 is 1.29 bits per heavy atom. The van der Waals surface area contributed by atoms with E-state index in [4.69, 9.17) is 24.4 Å². The molecular formula is C20H34N2S6. The summed E-state index contributed by atoms with van der Waals surface area (Å²) in [6.07, 6.45) is 17.3. The van der Waals surface area contributed by atoms with E-state index in [1.165, 1.54) is 83.5 Å². The van der Waals surface area contributed by atoms with Crippen molar-refractivity contribution in [3.05, 3.63) is 0 Å². The first-order valence-corrected chi connectivity index (χ1v) is 16.1. The van der Waals surface area contributed by atoms with Gasteiger partial charge in [-0.25, -0.2) is 0 Å². The number of hydrogen-bond acceptors (Lipinski definition) is 6. The molecule has 28 heavy (non-hydrogen) atoms. The van der Waals surface area contributed by atoms with Crippen molar-refractivity contribution >= 4 is 76.3 Å². The van der Waals surface area contributed by atoms with Crippen LogP contribution in [-0.4, -0.2) is 48.7 Å². The number of thiocarbonyl (C=S) groups is 2. The molecule has 0 amide bonds. The number of nitrogens with zero attached hydrogens (tertiary/aromatic N) is 2. The molecular weight excluding hydrogens is 461 g/mol. The molecule has 160 valence electrons. The van der Waals surface area contributed by atoms with E-state index < -0.39 is 0 Å². The summed E-state index contributed by atoms with van der Waals surface area (Å²) in [4.78, 5) is 4.91. The van der Waals surface area contributed by atoms with Crippen molar-refractivity contribution < 1.29 is 0 Å². The maximum absolute atomic E-state index is 5.82. The number of rotatable bonds is 4. The molecule has 0 N–H and O–H groups in total. The van der Waals surface area contributed by atoms with Crippen LogP contribution in [0.4, 0.5) is 0 Å². The van der Waals surface area contributed by atoms with Gasteiger partial charge in [0.2, 0.25) is 0 Å². The summed E-state index contributed by atoms with van der Waals surface area (Å²) in [5, 5.41) is 0. The molecule has 8 heteroatoms. The predicted octanol–water partition coefficient (Wildman–Crippen LogP) is 7.73. The predicted molar refractivity (Wildman–Crippen MR) is 141 cm³/mol. The van der Waals surface area contributed by atoms with Gasteiger partial charge in [0.05, 0.1) is 4.08 Å². The van der Waals surface area contributed by atoms with Crippen molar-refractivity contribution in [2.45, 2.75) is 87.5 Å². The third-order valence-electron chi connectivity index (χ3n) is 5.87. The van der Waals surface area contributed by atoms with Crippen molar-refractivity contribution in [2.75, 3.05) is 26.2 Å². The summed E-state index contributed by atoms with van der Waals surface area (Å²) < 4.78 is 2.48. The minimum atomic E-state index is 0.263. The highest BCUT2D eigenvalue weighted by molar-refractivity contribution is 8.91. The van der Waals surface area contributed by atoms with Crippen LogP contribution >= 0.6 is 67.6 Å². The Balaban J connectivity index is 1.51. The monoisotopic (exact) mass is 494 g/mol. The van der Waals surface area contributed by atoms with Crippen molar-refractivity contribution in [2.24, 2.45) is 0 Å². The Morgan fingerprint density at radius 2 is 0.893 bits per heavy atom. The fourth-order valence-electron chi connectivity index (χ4n) is 4.11. The Hall–Kier alpha value is 1.18. The Morgan fingerprint density at radius 1 is 0.536 bits per heavy atom. The highest BCUT2D eigenvalue weighted by atomic mass is 33.1. The molecule has 2 heterocycles. The van der Waals surface area contributed by atoms with Crippen LogP contribution in [0.1, 0.15) is 83.5 Å². The smallest absolute Gasteiger partial charge is 0.147 e. The summed E-state index contributed by atoms with van der Waals surface area (Å²) in [6.45, 7) is 4.61. The lowest BCUT2D eigenvalue weighted by Crippen LogP contribution is -2.30. The minimum Gasteiger partial charge on any atom is -0.357 e. The summed E-state index contributed by atoms with van der Waals surface area (Å²) in [7, 11) is 7.83. The van der Waals surface area contributed by atoms with E-state index in [0.717, 1.165) is 34.8 Å². The molecule has 0 atom stereocenters. The average Bonchev–Trinajstić information content (AvgIpc) is 3.16. The maximum Gasteiger partial charge on any atom is 0.147 e. The van der Waals surface area contributed by atoms with E-state index in [1.54, 1.807) is 0 Å². The van der Waals surface area contributed by atoms with Gasteiger partial charge in [0.1, 0.15) is 8.64 Å². The van der Waals surface area contributed by atoms with Gasteiger partial charge >= 0.3 is 0 Å². The summed E-state index contributed by atoms with van der Waals surface area (Å²) in [6, 6.07) is 0. The largest absolute Gasteiger partial charge is 0.357 e. The van der Waals surface area contributed by atoms with E-state index in [9.17, 15) is 0 Å². The molecule has 0 spiro atoms. The second-order valence-electron chi connectivity index (χ2n) is 8.14. The van der Waals surface area contributed by atoms with Gasteiger partial charge in [0.25, 0.3) is 0 Å². The van der Waals surface area contributed by atoms with Gasteiger partial charge in [-0.05, 0) is 60.1 Å². The normalized spacial score (nSPS) is 23.7. The van der Waals surface area contributed by atoms with E-state index in [2.05, 4.69) is 9.80 Å². The lowest BCUT2D eigenvalue weighted by atomic mass is 10.00. The highest BCUT2D eigenvalue weighted by Crippen LogP contribution is 2.57. The maximum atomic E-state index is 5.82. The van der Waals surface area contributed by atoms with Crippen molar-refractivity contribution in [3.8, 4) is 0 Å². The quantitative estimate of drug-likeness (QED) is 0.220. The zero-order chi connectivity index (χ0) is 19.7. The van der Waals surface area contributed by atoms with Crippen LogP contribution in [0.2, 0.25) is 0 Å². The SMILES string of the molecule is S=C(SSC1(SSC(=S)N2CCCCCC2)CCCCC1)N1CCCCCC1. The molecule has 2 aliphatic heterocycles. The fraction of sp³-hybridized carbons (Fsp3) is 0.900. The van der Waals surface area contributed by atoms with Gasteiger partial charge in [-0.1, -0.05) is 91.0 Å². The van der Waals surface area contributed by atoms with E-state index in [1.807, 2.05) is 43.2 Å². The van der Waals surface area contributed by atoms with E-state index in [0.29, 0.717) is 0 Å². The van der Waals surface area contributed by atoms with Gasteiger partial charge < -0.3 is 9.80 Å². The highest BCUT2D eigenvalue weighted by Gasteiger charge is 2.36. The van der Waals surface area contributed by atoms with Gasteiger partial charge in [0.15, 0.2) is 0 Å². The van der Waals surface area contributed by atoms with Crippen LogP contribution < -0.4 is 0 Å². The first-order valence-electron chi connectivity index (χ1n) is 11.0. The van der Waals surface area contributed by atoms with Crippen molar-refractivity contribution in [1.29, 1.82) is 0 Å². The summed E-state index contributed by atoms with van der Waals surface area (Å²) in [5.41, 5.74) is 0. The lowest BCUT2D eigenvalue weighted by Gasteiger charge is -2.36. The van der Waals surface area contributed by atoms with Crippen LogP contribution in [0.25, 0.3) is 0 Å². The molecule has 0 radical (unpaired) electrons. The molecule has 3 aliphatic rings. The Labute approximate surface area is 198 Å². The van der Waals surface area contributed by atoms with Crippen LogP contribution in [0.3, 0.4) is 0 Å². The number of hydrogen-bond donors (Lipinski definition) is 0. The molecule has 0 aromatic rings. The molecule has 2 saturated heterocycles. The van der Waals surface area contributed by atoms with E-state index in [-0.39, 0.29) is 4.08 Å². The first kappa shape index (κ1) is 23.8. The third-order valence-corrected chi connectivity index (χ3v) is 14.4. The molecule has 0 unspecified atom stereocenters. The lowest BCUT2D eigenvalue weighted by molar-refractivity contribution is 0.450. The first-order chi connectivity index (χ1) is 13.7. The molecule has 0 aromatic carbocycles.